The van der Waals surface area contributed by atoms with Crippen LogP contribution in [0.4, 0.5) is 10.5 Å². The van der Waals surface area contributed by atoms with E-state index in [1.165, 1.54) is 4.90 Å². The van der Waals surface area contributed by atoms with E-state index in [0.717, 1.165) is 12.8 Å². The molecule has 3 fully saturated rings. The van der Waals surface area contributed by atoms with E-state index >= 15 is 0 Å². The predicted octanol–water partition coefficient (Wildman–Crippen LogP) is 1.87. The molecule has 0 spiro atoms. The number of fused-ring (bicyclic) bond motifs is 1. The normalized spacial score (nSPS) is 27.3. The minimum atomic E-state index is -0.413. The minimum absolute atomic E-state index is 0.115. The molecule has 0 unspecified atom stereocenters. The number of amides is 4. The number of carbonyl (C=O) groups is 3. The van der Waals surface area contributed by atoms with E-state index in [-0.39, 0.29) is 30.3 Å². The molecule has 1 aromatic carbocycles. The average molecular weight is 334 g/mol. The van der Waals surface area contributed by atoms with Gasteiger partial charge >= 0.3 is 6.03 Å². The molecule has 0 bridgehead atoms. The number of urea groups is 1. The summed E-state index contributed by atoms with van der Waals surface area (Å²) in [4.78, 5) is 41.8. The maximum absolute atomic E-state index is 12.5. The summed E-state index contributed by atoms with van der Waals surface area (Å²) in [6.45, 7) is 0.932. The summed E-state index contributed by atoms with van der Waals surface area (Å²) in [6.07, 6.45) is 1.74. The van der Waals surface area contributed by atoms with Crippen LogP contribution >= 0.6 is 11.6 Å². The first-order valence-electron chi connectivity index (χ1n) is 7.76. The van der Waals surface area contributed by atoms with Crippen molar-refractivity contribution in [2.75, 3.05) is 18.0 Å². The quantitative estimate of drug-likeness (QED) is 0.776. The van der Waals surface area contributed by atoms with E-state index in [9.17, 15) is 14.4 Å². The van der Waals surface area contributed by atoms with Gasteiger partial charge in [-0.1, -0.05) is 23.7 Å². The Balaban J connectivity index is 1.58. The summed E-state index contributed by atoms with van der Waals surface area (Å²) < 4.78 is 0. The van der Waals surface area contributed by atoms with Gasteiger partial charge in [-0.2, -0.15) is 0 Å². The SMILES string of the molecule is O=C1C[C@@H](N2C(=O)[C@H]3CCCN3C2=O)CN1c1ccccc1Cl. The molecule has 4 rings (SSSR count). The van der Waals surface area contributed by atoms with E-state index in [1.807, 2.05) is 6.07 Å². The summed E-state index contributed by atoms with van der Waals surface area (Å²) in [5, 5.41) is 0.487. The summed E-state index contributed by atoms with van der Waals surface area (Å²) in [6, 6.07) is 6.11. The fraction of sp³-hybridized carbons (Fsp3) is 0.438. The number of imide groups is 1. The Hall–Kier alpha value is -2.08. The number of hydrogen-bond donors (Lipinski definition) is 0. The molecule has 3 aliphatic rings. The third-order valence-corrected chi connectivity index (χ3v) is 5.16. The maximum atomic E-state index is 12.5. The number of hydrogen-bond acceptors (Lipinski definition) is 3. The number of anilines is 1. The molecule has 1 aromatic rings. The molecule has 4 amide bonds. The van der Waals surface area contributed by atoms with Gasteiger partial charge in [0.1, 0.15) is 6.04 Å². The van der Waals surface area contributed by atoms with Crippen molar-refractivity contribution in [3.05, 3.63) is 29.3 Å². The monoisotopic (exact) mass is 333 g/mol. The standard InChI is InChI=1S/C16H16ClN3O3/c17-11-4-1-2-5-12(11)19-9-10(8-14(19)21)20-15(22)13-6-3-7-18(13)16(20)23/h1-2,4-5,10,13H,3,6-9H2/t10-,13-/m1/s1. The molecule has 0 saturated carbocycles. The van der Waals surface area contributed by atoms with Gasteiger partial charge in [-0.15, -0.1) is 0 Å². The van der Waals surface area contributed by atoms with Crippen LogP contribution in [-0.2, 0) is 9.59 Å². The van der Waals surface area contributed by atoms with E-state index in [2.05, 4.69) is 0 Å². The maximum Gasteiger partial charge on any atom is 0.327 e. The molecule has 0 radical (unpaired) electrons. The van der Waals surface area contributed by atoms with E-state index in [1.54, 1.807) is 28.0 Å². The van der Waals surface area contributed by atoms with Crippen LogP contribution < -0.4 is 4.90 Å². The van der Waals surface area contributed by atoms with Crippen LogP contribution in [0.1, 0.15) is 19.3 Å². The molecule has 3 heterocycles. The van der Waals surface area contributed by atoms with Gasteiger partial charge in [0, 0.05) is 19.5 Å². The van der Waals surface area contributed by atoms with Crippen molar-refractivity contribution in [3.8, 4) is 0 Å². The van der Waals surface area contributed by atoms with Crippen molar-refractivity contribution >= 4 is 35.1 Å². The van der Waals surface area contributed by atoms with Gasteiger partial charge in [-0.3, -0.25) is 14.5 Å². The van der Waals surface area contributed by atoms with Gasteiger partial charge in [-0.05, 0) is 25.0 Å². The van der Waals surface area contributed by atoms with E-state index < -0.39 is 6.04 Å². The van der Waals surface area contributed by atoms with Crippen molar-refractivity contribution in [2.24, 2.45) is 0 Å². The highest BCUT2D eigenvalue weighted by Crippen LogP contribution is 2.34. The lowest BCUT2D eigenvalue weighted by atomic mass is 10.2. The number of nitrogens with zero attached hydrogens (tertiary/aromatic N) is 3. The summed E-state index contributed by atoms with van der Waals surface area (Å²) in [7, 11) is 0. The lowest BCUT2D eigenvalue weighted by molar-refractivity contribution is -0.129. The number of halogens is 1. The Morgan fingerprint density at radius 3 is 2.65 bits per heavy atom. The molecule has 3 saturated heterocycles. The molecular formula is C16H16ClN3O3. The molecule has 0 aromatic heterocycles. The van der Waals surface area contributed by atoms with Gasteiger partial charge in [0.25, 0.3) is 5.91 Å². The minimum Gasteiger partial charge on any atom is -0.312 e. The van der Waals surface area contributed by atoms with Crippen LogP contribution in [-0.4, -0.2) is 52.8 Å². The third kappa shape index (κ3) is 2.12. The van der Waals surface area contributed by atoms with Crippen molar-refractivity contribution in [2.45, 2.75) is 31.3 Å². The van der Waals surface area contributed by atoms with Crippen LogP contribution in [0.3, 0.4) is 0 Å². The van der Waals surface area contributed by atoms with Gasteiger partial charge in [0.15, 0.2) is 0 Å². The Morgan fingerprint density at radius 2 is 1.91 bits per heavy atom. The number of para-hydroxylation sites is 1. The van der Waals surface area contributed by atoms with Crippen LogP contribution in [0, 0.1) is 0 Å². The molecule has 2 atom stereocenters. The second-order valence-corrected chi connectivity index (χ2v) is 6.56. The van der Waals surface area contributed by atoms with Gasteiger partial charge in [0.2, 0.25) is 5.91 Å². The molecule has 3 aliphatic heterocycles. The van der Waals surface area contributed by atoms with E-state index in [4.69, 9.17) is 11.6 Å². The fourth-order valence-corrected chi connectivity index (χ4v) is 3.98. The van der Waals surface area contributed by atoms with Crippen molar-refractivity contribution < 1.29 is 14.4 Å². The predicted molar refractivity (Wildman–Crippen MR) is 84.2 cm³/mol. The topological polar surface area (TPSA) is 60.9 Å². The highest BCUT2D eigenvalue weighted by molar-refractivity contribution is 6.33. The number of rotatable bonds is 2. The lowest BCUT2D eigenvalue weighted by Crippen LogP contribution is -2.43. The zero-order valence-electron chi connectivity index (χ0n) is 12.4. The number of carbonyl (C=O) groups excluding carboxylic acids is 3. The molecule has 0 aliphatic carbocycles. The smallest absolute Gasteiger partial charge is 0.312 e. The van der Waals surface area contributed by atoms with Crippen LogP contribution in [0.15, 0.2) is 24.3 Å². The number of benzene rings is 1. The molecule has 0 N–H and O–H groups in total. The summed E-state index contributed by atoms with van der Waals surface area (Å²) >= 11 is 6.16. The first kappa shape index (κ1) is 14.5. The zero-order chi connectivity index (χ0) is 16.1. The average Bonchev–Trinajstić information content (AvgIpc) is 3.19. The Morgan fingerprint density at radius 1 is 1.13 bits per heavy atom. The Kier molecular flexibility index (Phi) is 3.30. The molecule has 6 nitrogen and oxygen atoms in total. The van der Waals surface area contributed by atoms with Crippen molar-refractivity contribution in [3.63, 3.8) is 0 Å². The highest BCUT2D eigenvalue weighted by Gasteiger charge is 2.52. The molecule has 7 heteroatoms. The van der Waals surface area contributed by atoms with Crippen LogP contribution in [0.25, 0.3) is 0 Å². The van der Waals surface area contributed by atoms with Gasteiger partial charge < -0.3 is 9.80 Å². The van der Waals surface area contributed by atoms with E-state index in [0.29, 0.717) is 23.8 Å². The first-order valence-corrected chi connectivity index (χ1v) is 8.14. The van der Waals surface area contributed by atoms with Gasteiger partial charge in [0.05, 0.1) is 16.8 Å². The first-order chi connectivity index (χ1) is 11.1. The van der Waals surface area contributed by atoms with Crippen molar-refractivity contribution in [1.29, 1.82) is 0 Å². The highest BCUT2D eigenvalue weighted by atomic mass is 35.5. The van der Waals surface area contributed by atoms with Crippen molar-refractivity contribution in [1.82, 2.24) is 9.80 Å². The fourth-order valence-electron chi connectivity index (χ4n) is 3.75. The second kappa shape index (κ2) is 5.23. The molecular weight excluding hydrogens is 318 g/mol. The summed E-state index contributed by atoms with van der Waals surface area (Å²) in [5.41, 5.74) is 0.626. The van der Waals surface area contributed by atoms with Gasteiger partial charge in [-0.25, -0.2) is 4.79 Å². The van der Waals surface area contributed by atoms with Crippen LogP contribution in [0.2, 0.25) is 5.02 Å². The Bertz CT molecular complexity index is 686. The zero-order valence-corrected chi connectivity index (χ0v) is 13.2. The molecule has 23 heavy (non-hydrogen) atoms. The Labute approximate surface area is 138 Å². The second-order valence-electron chi connectivity index (χ2n) is 6.16. The summed E-state index contributed by atoms with van der Waals surface area (Å²) in [5.74, 6) is -0.276. The largest absolute Gasteiger partial charge is 0.327 e. The lowest BCUT2D eigenvalue weighted by Gasteiger charge is -2.23. The van der Waals surface area contributed by atoms with Crippen LogP contribution in [0.5, 0.6) is 0 Å². The third-order valence-electron chi connectivity index (χ3n) is 4.84. The molecule has 120 valence electrons.